The van der Waals surface area contributed by atoms with Crippen molar-refractivity contribution in [1.29, 1.82) is 0 Å². The largest absolute Gasteiger partial charge is 0.468 e. The lowest BCUT2D eigenvalue weighted by atomic mass is 10.2. The van der Waals surface area contributed by atoms with Crippen LogP contribution >= 0.6 is 15.9 Å². The van der Waals surface area contributed by atoms with Gasteiger partial charge >= 0.3 is 5.97 Å². The minimum atomic E-state index is -0.228. The summed E-state index contributed by atoms with van der Waals surface area (Å²) < 4.78 is 5.76. The Balaban J connectivity index is 2.60. The zero-order chi connectivity index (χ0) is 12.1. The fourth-order valence-corrected chi connectivity index (χ4v) is 1.63. The minimum Gasteiger partial charge on any atom is -0.468 e. The van der Waals surface area contributed by atoms with Crippen LogP contribution in [-0.2, 0) is 16.1 Å². The van der Waals surface area contributed by atoms with E-state index in [2.05, 4.69) is 15.9 Å². The maximum Gasteiger partial charge on any atom is 0.322 e. The summed E-state index contributed by atoms with van der Waals surface area (Å²) in [5, 5.41) is 0. The zero-order valence-corrected chi connectivity index (χ0v) is 11.3. The van der Waals surface area contributed by atoms with E-state index in [4.69, 9.17) is 4.74 Å². The third-order valence-electron chi connectivity index (χ3n) is 2.55. The fourth-order valence-electron chi connectivity index (χ4n) is 1.37. The van der Waals surface area contributed by atoms with Gasteiger partial charge in [0.2, 0.25) is 0 Å². The molecule has 0 N–H and O–H groups in total. The second-order valence-corrected chi connectivity index (χ2v) is 4.66. The van der Waals surface area contributed by atoms with E-state index in [1.165, 1.54) is 12.7 Å². The number of benzene rings is 1. The van der Waals surface area contributed by atoms with Crippen LogP contribution in [0.5, 0.6) is 0 Å². The Morgan fingerprint density at radius 1 is 1.44 bits per heavy atom. The summed E-state index contributed by atoms with van der Waals surface area (Å²) in [7, 11) is 3.32. The summed E-state index contributed by atoms with van der Waals surface area (Å²) in [5.41, 5.74) is 1.17. The highest BCUT2D eigenvalue weighted by molar-refractivity contribution is 9.10. The Bertz CT molecular complexity index is 351. The minimum absolute atomic E-state index is 0.209. The first-order valence-electron chi connectivity index (χ1n) is 5.07. The van der Waals surface area contributed by atoms with Crippen LogP contribution in [0.4, 0.5) is 0 Å². The average Bonchev–Trinajstić information content (AvgIpc) is 2.30. The van der Waals surface area contributed by atoms with Crippen LogP contribution < -0.4 is 0 Å². The van der Waals surface area contributed by atoms with Gasteiger partial charge in [-0.15, -0.1) is 0 Å². The number of rotatable bonds is 4. The first kappa shape index (κ1) is 13.2. The molecule has 0 aliphatic carbocycles. The summed E-state index contributed by atoms with van der Waals surface area (Å²) >= 11 is 3.39. The maximum atomic E-state index is 11.3. The van der Waals surface area contributed by atoms with Gasteiger partial charge in [-0.05, 0) is 31.7 Å². The van der Waals surface area contributed by atoms with Crippen molar-refractivity contribution < 1.29 is 9.53 Å². The van der Waals surface area contributed by atoms with Gasteiger partial charge < -0.3 is 4.74 Å². The van der Waals surface area contributed by atoms with Gasteiger partial charge in [-0.3, -0.25) is 9.69 Å². The number of hydrogen-bond donors (Lipinski definition) is 0. The van der Waals surface area contributed by atoms with Crippen molar-refractivity contribution in [3.8, 4) is 0 Å². The molecule has 4 heteroatoms. The van der Waals surface area contributed by atoms with Crippen molar-refractivity contribution in [3.05, 3.63) is 34.3 Å². The highest BCUT2D eigenvalue weighted by atomic mass is 79.9. The molecule has 16 heavy (non-hydrogen) atoms. The SMILES string of the molecule is COC(=O)C(C)N(C)Cc1ccc(Br)cc1. The van der Waals surface area contributed by atoms with Crippen molar-refractivity contribution in [2.75, 3.05) is 14.2 Å². The van der Waals surface area contributed by atoms with E-state index < -0.39 is 0 Å². The molecule has 0 heterocycles. The van der Waals surface area contributed by atoms with Crippen LogP contribution in [0.1, 0.15) is 12.5 Å². The first-order valence-corrected chi connectivity index (χ1v) is 5.86. The molecule has 0 radical (unpaired) electrons. The van der Waals surface area contributed by atoms with Crippen molar-refractivity contribution >= 4 is 21.9 Å². The standard InChI is InChI=1S/C12H16BrNO2/c1-9(12(15)16-3)14(2)8-10-4-6-11(13)7-5-10/h4-7,9H,8H2,1-3H3. The van der Waals surface area contributed by atoms with Gasteiger partial charge in [0.05, 0.1) is 7.11 Å². The normalized spacial score (nSPS) is 12.6. The Morgan fingerprint density at radius 3 is 2.50 bits per heavy atom. The summed E-state index contributed by atoms with van der Waals surface area (Å²) in [6.45, 7) is 2.56. The predicted molar refractivity (Wildman–Crippen MR) is 67.1 cm³/mol. The molecule has 0 aliphatic rings. The third kappa shape index (κ3) is 3.61. The summed E-state index contributed by atoms with van der Waals surface area (Å²) in [6.07, 6.45) is 0. The summed E-state index contributed by atoms with van der Waals surface area (Å²) in [4.78, 5) is 13.3. The molecule has 0 bridgehead atoms. The number of nitrogens with zero attached hydrogens (tertiary/aromatic N) is 1. The number of halogens is 1. The van der Waals surface area contributed by atoms with Crippen molar-refractivity contribution in [2.45, 2.75) is 19.5 Å². The molecule has 0 aromatic heterocycles. The molecule has 1 atom stereocenters. The van der Waals surface area contributed by atoms with Gasteiger partial charge in [-0.2, -0.15) is 0 Å². The predicted octanol–water partition coefficient (Wildman–Crippen LogP) is 2.44. The van der Waals surface area contributed by atoms with E-state index in [1.807, 2.05) is 43.1 Å². The van der Waals surface area contributed by atoms with E-state index >= 15 is 0 Å². The Morgan fingerprint density at radius 2 is 2.00 bits per heavy atom. The number of esters is 1. The monoisotopic (exact) mass is 285 g/mol. The van der Waals surface area contributed by atoms with Crippen LogP contribution in [0.25, 0.3) is 0 Å². The van der Waals surface area contributed by atoms with Crippen LogP contribution in [0.2, 0.25) is 0 Å². The van der Waals surface area contributed by atoms with Crippen molar-refractivity contribution in [1.82, 2.24) is 4.90 Å². The highest BCUT2D eigenvalue weighted by Gasteiger charge is 2.18. The highest BCUT2D eigenvalue weighted by Crippen LogP contribution is 2.12. The number of carbonyl (C=O) groups excluding carboxylic acids is 1. The summed E-state index contributed by atoms with van der Waals surface area (Å²) in [6, 6.07) is 7.82. The average molecular weight is 286 g/mol. The molecule has 1 rings (SSSR count). The molecule has 88 valence electrons. The van der Waals surface area contributed by atoms with E-state index in [0.717, 1.165) is 11.0 Å². The van der Waals surface area contributed by atoms with E-state index in [0.29, 0.717) is 0 Å². The van der Waals surface area contributed by atoms with Crippen LogP contribution in [-0.4, -0.2) is 31.1 Å². The second kappa shape index (κ2) is 6.01. The molecule has 0 fully saturated rings. The molecule has 0 saturated carbocycles. The Kier molecular flexibility index (Phi) is 4.96. The van der Waals surface area contributed by atoms with Gasteiger partial charge in [0, 0.05) is 11.0 Å². The van der Waals surface area contributed by atoms with Gasteiger partial charge in [0.15, 0.2) is 0 Å². The van der Waals surface area contributed by atoms with E-state index in [9.17, 15) is 4.79 Å². The first-order chi connectivity index (χ1) is 7.54. The molecule has 1 aromatic carbocycles. The third-order valence-corrected chi connectivity index (χ3v) is 3.08. The van der Waals surface area contributed by atoms with Gasteiger partial charge in [0.1, 0.15) is 6.04 Å². The lowest BCUT2D eigenvalue weighted by Crippen LogP contribution is -2.36. The molecule has 0 saturated heterocycles. The van der Waals surface area contributed by atoms with Gasteiger partial charge in [-0.1, -0.05) is 28.1 Å². The lowest BCUT2D eigenvalue weighted by Gasteiger charge is -2.22. The zero-order valence-electron chi connectivity index (χ0n) is 9.74. The number of carbonyl (C=O) groups is 1. The van der Waals surface area contributed by atoms with Crippen molar-refractivity contribution in [3.63, 3.8) is 0 Å². The topological polar surface area (TPSA) is 29.5 Å². The molecule has 0 aliphatic heterocycles. The van der Waals surface area contributed by atoms with Crippen LogP contribution in [0.3, 0.4) is 0 Å². The Hall–Kier alpha value is -0.870. The lowest BCUT2D eigenvalue weighted by molar-refractivity contribution is -0.145. The molecular weight excluding hydrogens is 270 g/mol. The van der Waals surface area contributed by atoms with Gasteiger partial charge in [0.25, 0.3) is 0 Å². The van der Waals surface area contributed by atoms with Crippen molar-refractivity contribution in [2.24, 2.45) is 0 Å². The second-order valence-electron chi connectivity index (χ2n) is 3.74. The molecular formula is C12H16BrNO2. The van der Waals surface area contributed by atoms with Gasteiger partial charge in [-0.25, -0.2) is 0 Å². The smallest absolute Gasteiger partial charge is 0.322 e. The molecule has 1 unspecified atom stereocenters. The number of likely N-dealkylation sites (N-methyl/N-ethyl adjacent to an activating group) is 1. The molecule has 0 spiro atoms. The fraction of sp³-hybridized carbons (Fsp3) is 0.417. The Labute approximate surface area is 105 Å². The number of hydrogen-bond acceptors (Lipinski definition) is 3. The quantitative estimate of drug-likeness (QED) is 0.796. The van der Waals surface area contributed by atoms with E-state index in [-0.39, 0.29) is 12.0 Å². The van der Waals surface area contributed by atoms with E-state index in [1.54, 1.807) is 0 Å². The summed E-state index contributed by atoms with van der Waals surface area (Å²) in [5.74, 6) is -0.209. The van der Waals surface area contributed by atoms with Crippen LogP contribution in [0, 0.1) is 0 Å². The molecule has 1 aromatic rings. The number of ether oxygens (including phenoxy) is 1. The molecule has 0 amide bonds. The van der Waals surface area contributed by atoms with Crippen LogP contribution in [0.15, 0.2) is 28.7 Å². The number of methoxy groups -OCH3 is 1. The molecule has 3 nitrogen and oxygen atoms in total. The maximum absolute atomic E-state index is 11.3.